The first-order chi connectivity index (χ1) is 9.53. The number of para-hydroxylation sites is 1. The molecule has 3 nitrogen and oxygen atoms in total. The van der Waals surface area contributed by atoms with Crippen LogP contribution in [-0.4, -0.2) is 30.3 Å². The lowest BCUT2D eigenvalue weighted by Gasteiger charge is -2.39. The third-order valence-electron chi connectivity index (χ3n) is 4.12. The standard InChI is InChI=1S/C17H28N2O/c1-4-11-18-14(2)15-8-5-6-9-16(15)19-12-7-10-17(3,20)13-19/h5-6,8-9,14,18,20H,4,7,10-13H2,1-3H3. The van der Waals surface area contributed by atoms with Crippen molar-refractivity contribution >= 4 is 5.69 Å². The highest BCUT2D eigenvalue weighted by Crippen LogP contribution is 2.31. The molecular formula is C17H28N2O. The summed E-state index contributed by atoms with van der Waals surface area (Å²) in [6, 6.07) is 8.92. The van der Waals surface area contributed by atoms with Crippen LogP contribution in [0.3, 0.4) is 0 Å². The number of β-amino-alcohol motifs (C(OH)–C–C–N with tert-alkyl or cyclic N) is 1. The Bertz CT molecular complexity index is 431. The van der Waals surface area contributed by atoms with E-state index in [0.29, 0.717) is 6.04 Å². The summed E-state index contributed by atoms with van der Waals surface area (Å²) in [6.07, 6.45) is 3.10. The van der Waals surface area contributed by atoms with Crippen molar-refractivity contribution in [3.63, 3.8) is 0 Å². The Morgan fingerprint density at radius 1 is 1.40 bits per heavy atom. The van der Waals surface area contributed by atoms with Crippen LogP contribution >= 0.6 is 0 Å². The van der Waals surface area contributed by atoms with Crippen molar-refractivity contribution in [2.24, 2.45) is 0 Å². The largest absolute Gasteiger partial charge is 0.388 e. The van der Waals surface area contributed by atoms with E-state index >= 15 is 0 Å². The molecule has 1 aromatic carbocycles. The molecule has 20 heavy (non-hydrogen) atoms. The van der Waals surface area contributed by atoms with Gasteiger partial charge in [0, 0.05) is 24.8 Å². The van der Waals surface area contributed by atoms with E-state index in [1.165, 1.54) is 11.3 Å². The van der Waals surface area contributed by atoms with Crippen LogP contribution in [0.1, 0.15) is 51.6 Å². The van der Waals surface area contributed by atoms with Gasteiger partial charge in [-0.15, -0.1) is 0 Å². The molecule has 0 radical (unpaired) electrons. The maximum absolute atomic E-state index is 10.3. The van der Waals surface area contributed by atoms with E-state index in [4.69, 9.17) is 0 Å². The lowest BCUT2D eigenvalue weighted by molar-refractivity contribution is 0.0448. The number of aliphatic hydroxyl groups is 1. The zero-order valence-electron chi connectivity index (χ0n) is 13.0. The molecule has 0 saturated carbocycles. The molecule has 1 aliphatic rings. The van der Waals surface area contributed by atoms with E-state index in [0.717, 1.165) is 38.9 Å². The minimum absolute atomic E-state index is 0.345. The molecule has 0 amide bonds. The second kappa shape index (κ2) is 6.59. The molecule has 1 heterocycles. The molecule has 3 heteroatoms. The lowest BCUT2D eigenvalue weighted by atomic mass is 9.93. The van der Waals surface area contributed by atoms with Gasteiger partial charge in [0.25, 0.3) is 0 Å². The maximum atomic E-state index is 10.3. The summed E-state index contributed by atoms with van der Waals surface area (Å²) in [4.78, 5) is 2.34. The molecule has 2 N–H and O–H groups in total. The van der Waals surface area contributed by atoms with Crippen molar-refractivity contribution in [2.45, 2.75) is 51.7 Å². The van der Waals surface area contributed by atoms with Crippen molar-refractivity contribution in [1.82, 2.24) is 5.32 Å². The van der Waals surface area contributed by atoms with Gasteiger partial charge in [0.05, 0.1) is 5.60 Å². The fourth-order valence-corrected chi connectivity index (χ4v) is 3.04. The number of hydrogen-bond acceptors (Lipinski definition) is 3. The van der Waals surface area contributed by atoms with Gasteiger partial charge < -0.3 is 15.3 Å². The third kappa shape index (κ3) is 3.74. The smallest absolute Gasteiger partial charge is 0.0794 e. The maximum Gasteiger partial charge on any atom is 0.0794 e. The number of hydrogen-bond donors (Lipinski definition) is 2. The van der Waals surface area contributed by atoms with Gasteiger partial charge in [-0.2, -0.15) is 0 Å². The van der Waals surface area contributed by atoms with Crippen LogP contribution in [0.5, 0.6) is 0 Å². The number of rotatable bonds is 5. The number of nitrogens with zero attached hydrogens (tertiary/aromatic N) is 1. The average molecular weight is 276 g/mol. The zero-order valence-corrected chi connectivity index (χ0v) is 13.0. The van der Waals surface area contributed by atoms with E-state index in [2.05, 4.69) is 48.3 Å². The molecule has 112 valence electrons. The first-order valence-corrected chi connectivity index (χ1v) is 7.83. The Balaban J connectivity index is 2.18. The fraction of sp³-hybridized carbons (Fsp3) is 0.647. The second-order valence-corrected chi connectivity index (χ2v) is 6.26. The molecule has 1 aromatic rings. The molecule has 2 rings (SSSR count). The van der Waals surface area contributed by atoms with Crippen LogP contribution in [-0.2, 0) is 0 Å². The van der Waals surface area contributed by atoms with Gasteiger partial charge in [0.2, 0.25) is 0 Å². The Kier molecular flexibility index (Phi) is 5.06. The molecule has 1 fully saturated rings. The van der Waals surface area contributed by atoms with E-state index < -0.39 is 5.60 Å². The highest BCUT2D eigenvalue weighted by Gasteiger charge is 2.29. The van der Waals surface area contributed by atoms with Crippen LogP contribution < -0.4 is 10.2 Å². The van der Waals surface area contributed by atoms with Crippen molar-refractivity contribution < 1.29 is 5.11 Å². The molecule has 0 spiro atoms. The van der Waals surface area contributed by atoms with Crippen molar-refractivity contribution in [1.29, 1.82) is 0 Å². The van der Waals surface area contributed by atoms with E-state index in [1.54, 1.807) is 0 Å². The Morgan fingerprint density at radius 2 is 2.15 bits per heavy atom. The third-order valence-corrected chi connectivity index (χ3v) is 4.12. The summed E-state index contributed by atoms with van der Waals surface area (Å²) in [5, 5.41) is 13.9. The van der Waals surface area contributed by atoms with Gasteiger partial charge in [-0.1, -0.05) is 25.1 Å². The highest BCUT2D eigenvalue weighted by molar-refractivity contribution is 5.55. The normalized spacial score (nSPS) is 24.7. The Morgan fingerprint density at radius 3 is 2.85 bits per heavy atom. The predicted octanol–water partition coefficient (Wildman–Crippen LogP) is 3.10. The lowest BCUT2D eigenvalue weighted by Crippen LogP contribution is -2.46. The molecule has 0 aromatic heterocycles. The van der Waals surface area contributed by atoms with Gasteiger partial charge in [0.15, 0.2) is 0 Å². The molecule has 0 aliphatic carbocycles. The van der Waals surface area contributed by atoms with Crippen LogP contribution in [0.15, 0.2) is 24.3 Å². The minimum atomic E-state index is -0.564. The van der Waals surface area contributed by atoms with Gasteiger partial charge >= 0.3 is 0 Å². The Labute approximate surface area is 123 Å². The molecule has 1 aliphatic heterocycles. The molecule has 2 atom stereocenters. The summed E-state index contributed by atoms with van der Waals surface area (Å²) in [5.41, 5.74) is 2.04. The van der Waals surface area contributed by atoms with Crippen LogP contribution in [0.25, 0.3) is 0 Å². The van der Waals surface area contributed by atoms with Crippen molar-refractivity contribution in [2.75, 3.05) is 24.5 Å². The summed E-state index contributed by atoms with van der Waals surface area (Å²) >= 11 is 0. The molecular weight excluding hydrogens is 248 g/mol. The molecule has 0 bridgehead atoms. The SMILES string of the molecule is CCCNC(C)c1ccccc1N1CCCC(C)(O)C1. The summed E-state index contributed by atoms with van der Waals surface area (Å²) in [6.45, 7) is 9.15. The van der Waals surface area contributed by atoms with Crippen LogP contribution in [0.2, 0.25) is 0 Å². The second-order valence-electron chi connectivity index (χ2n) is 6.26. The fourth-order valence-electron chi connectivity index (χ4n) is 3.04. The van der Waals surface area contributed by atoms with E-state index in [1.807, 2.05) is 6.92 Å². The topological polar surface area (TPSA) is 35.5 Å². The van der Waals surface area contributed by atoms with Gasteiger partial charge in [-0.3, -0.25) is 0 Å². The minimum Gasteiger partial charge on any atom is -0.388 e. The number of piperidine rings is 1. The first kappa shape index (κ1) is 15.3. The molecule has 1 saturated heterocycles. The van der Waals surface area contributed by atoms with Crippen molar-refractivity contribution in [3.05, 3.63) is 29.8 Å². The number of benzene rings is 1. The Hall–Kier alpha value is -1.06. The quantitative estimate of drug-likeness (QED) is 0.867. The monoisotopic (exact) mass is 276 g/mol. The molecule has 2 unspecified atom stereocenters. The first-order valence-electron chi connectivity index (χ1n) is 7.83. The predicted molar refractivity (Wildman–Crippen MR) is 85.2 cm³/mol. The van der Waals surface area contributed by atoms with E-state index in [9.17, 15) is 5.11 Å². The summed E-state index contributed by atoms with van der Waals surface area (Å²) in [5.74, 6) is 0. The van der Waals surface area contributed by atoms with Crippen LogP contribution in [0, 0.1) is 0 Å². The van der Waals surface area contributed by atoms with Gasteiger partial charge in [-0.05, 0) is 51.3 Å². The highest BCUT2D eigenvalue weighted by atomic mass is 16.3. The van der Waals surface area contributed by atoms with E-state index in [-0.39, 0.29) is 0 Å². The summed E-state index contributed by atoms with van der Waals surface area (Å²) in [7, 11) is 0. The number of anilines is 1. The van der Waals surface area contributed by atoms with Gasteiger partial charge in [-0.25, -0.2) is 0 Å². The summed E-state index contributed by atoms with van der Waals surface area (Å²) < 4.78 is 0. The van der Waals surface area contributed by atoms with Crippen LogP contribution in [0.4, 0.5) is 5.69 Å². The zero-order chi connectivity index (χ0) is 14.6. The van der Waals surface area contributed by atoms with Gasteiger partial charge in [0.1, 0.15) is 0 Å². The van der Waals surface area contributed by atoms with Crippen molar-refractivity contribution in [3.8, 4) is 0 Å². The average Bonchev–Trinajstić information content (AvgIpc) is 2.43. The number of nitrogens with one attached hydrogen (secondary N) is 1.